The standard InChI is InChI=1S/C27H30N6O2S/c34-25(30-20-4-2-5-20)14-35-22-6-1-3-18(11-22)26-32-24-16-36-15-23(24)27(33-26)31-21-9-7-17(8-10-21)19-12-28-29-13-19/h1,3,6-11,19-20,28-29H,2,4-5,12-16H2,(H,30,34)(H,31,32,33). The number of benzene rings is 2. The molecule has 3 aliphatic rings. The molecule has 2 aliphatic heterocycles. The summed E-state index contributed by atoms with van der Waals surface area (Å²) in [6, 6.07) is 16.6. The molecule has 0 unspecified atom stereocenters. The van der Waals surface area contributed by atoms with Crippen LogP contribution in [-0.4, -0.2) is 41.6 Å². The summed E-state index contributed by atoms with van der Waals surface area (Å²) < 4.78 is 5.78. The highest BCUT2D eigenvalue weighted by molar-refractivity contribution is 7.98. The molecular formula is C27H30N6O2S. The molecule has 0 radical (unpaired) electrons. The Morgan fingerprint density at radius 1 is 1.06 bits per heavy atom. The first-order valence-electron chi connectivity index (χ1n) is 12.5. The fourth-order valence-electron chi connectivity index (χ4n) is 4.65. The molecule has 1 aromatic heterocycles. The van der Waals surface area contributed by atoms with E-state index in [9.17, 15) is 4.79 Å². The van der Waals surface area contributed by atoms with Crippen molar-refractivity contribution in [3.8, 4) is 17.1 Å². The van der Waals surface area contributed by atoms with Crippen LogP contribution in [0.2, 0.25) is 0 Å². The second-order valence-electron chi connectivity index (χ2n) is 9.53. The Hall–Kier alpha value is -3.14. The SMILES string of the molecule is O=C(COc1cccc(-c2nc3c(c(Nc4ccc(C5CNNC5)cc4)n2)CSC3)c1)NC1CCC1. The van der Waals surface area contributed by atoms with Gasteiger partial charge in [-0.15, -0.1) is 0 Å². The van der Waals surface area contributed by atoms with Crippen molar-refractivity contribution in [3.63, 3.8) is 0 Å². The van der Waals surface area contributed by atoms with E-state index >= 15 is 0 Å². The molecule has 3 aromatic rings. The van der Waals surface area contributed by atoms with E-state index in [0.29, 0.717) is 23.5 Å². The number of thioether (sulfide) groups is 1. The monoisotopic (exact) mass is 502 g/mol. The maximum absolute atomic E-state index is 12.1. The van der Waals surface area contributed by atoms with Crippen molar-refractivity contribution < 1.29 is 9.53 Å². The molecule has 4 N–H and O–H groups in total. The normalized spacial score (nSPS) is 17.4. The van der Waals surface area contributed by atoms with Gasteiger partial charge in [0.15, 0.2) is 12.4 Å². The van der Waals surface area contributed by atoms with Crippen LogP contribution < -0.4 is 26.2 Å². The lowest BCUT2D eigenvalue weighted by molar-refractivity contribution is -0.124. The summed E-state index contributed by atoms with van der Waals surface area (Å²) in [4.78, 5) is 21.9. The van der Waals surface area contributed by atoms with Crippen molar-refractivity contribution in [1.82, 2.24) is 26.1 Å². The molecule has 9 heteroatoms. The third-order valence-corrected chi connectivity index (χ3v) is 7.95. The van der Waals surface area contributed by atoms with Gasteiger partial charge in [0, 0.05) is 53.4 Å². The number of ether oxygens (including phenoxy) is 1. The predicted octanol–water partition coefficient (Wildman–Crippen LogP) is 3.87. The molecule has 2 fully saturated rings. The summed E-state index contributed by atoms with van der Waals surface area (Å²) in [7, 11) is 0. The van der Waals surface area contributed by atoms with Crippen molar-refractivity contribution in [2.24, 2.45) is 0 Å². The van der Waals surface area contributed by atoms with Crippen LogP contribution in [0.15, 0.2) is 48.5 Å². The van der Waals surface area contributed by atoms with Crippen LogP contribution >= 0.6 is 11.8 Å². The Labute approximate surface area is 215 Å². The fraction of sp³-hybridized carbons (Fsp3) is 0.370. The van der Waals surface area contributed by atoms with Crippen molar-refractivity contribution in [2.45, 2.75) is 42.7 Å². The van der Waals surface area contributed by atoms with Crippen LogP contribution in [-0.2, 0) is 16.3 Å². The molecule has 0 atom stereocenters. The summed E-state index contributed by atoms with van der Waals surface area (Å²) in [5.41, 5.74) is 11.8. The molecular weight excluding hydrogens is 472 g/mol. The number of amides is 1. The Kier molecular flexibility index (Phi) is 6.76. The number of anilines is 2. The minimum Gasteiger partial charge on any atom is -0.484 e. The molecule has 1 aliphatic carbocycles. The molecule has 186 valence electrons. The highest BCUT2D eigenvalue weighted by Crippen LogP contribution is 2.36. The minimum atomic E-state index is -0.0751. The third-order valence-electron chi connectivity index (χ3n) is 6.98. The molecule has 3 heterocycles. The first kappa shape index (κ1) is 23.3. The number of nitrogens with one attached hydrogen (secondary N) is 4. The van der Waals surface area contributed by atoms with Crippen molar-refractivity contribution in [1.29, 1.82) is 0 Å². The van der Waals surface area contributed by atoms with Gasteiger partial charge in [-0.25, -0.2) is 9.97 Å². The van der Waals surface area contributed by atoms with Gasteiger partial charge in [0.25, 0.3) is 5.91 Å². The first-order valence-corrected chi connectivity index (χ1v) is 13.7. The average molecular weight is 503 g/mol. The van der Waals surface area contributed by atoms with Gasteiger partial charge >= 0.3 is 0 Å². The van der Waals surface area contributed by atoms with Gasteiger partial charge in [0.1, 0.15) is 11.6 Å². The zero-order chi connectivity index (χ0) is 24.3. The lowest BCUT2D eigenvalue weighted by Crippen LogP contribution is -2.41. The molecule has 1 amide bonds. The van der Waals surface area contributed by atoms with Crippen molar-refractivity contribution in [2.75, 3.05) is 25.0 Å². The molecule has 36 heavy (non-hydrogen) atoms. The van der Waals surface area contributed by atoms with Gasteiger partial charge < -0.3 is 15.4 Å². The van der Waals surface area contributed by atoms with E-state index in [-0.39, 0.29) is 12.5 Å². The number of fused-ring (bicyclic) bond motifs is 1. The number of hydrazine groups is 1. The second-order valence-corrected chi connectivity index (χ2v) is 10.5. The Morgan fingerprint density at radius 2 is 1.89 bits per heavy atom. The lowest BCUT2D eigenvalue weighted by atomic mass is 9.93. The van der Waals surface area contributed by atoms with Crippen LogP contribution in [0, 0.1) is 0 Å². The zero-order valence-corrected chi connectivity index (χ0v) is 20.9. The van der Waals surface area contributed by atoms with Crippen LogP contribution in [0.4, 0.5) is 11.5 Å². The van der Waals surface area contributed by atoms with Gasteiger partial charge in [-0.1, -0.05) is 24.3 Å². The van der Waals surface area contributed by atoms with Gasteiger partial charge in [0.05, 0.1) is 5.69 Å². The number of aromatic nitrogens is 2. The smallest absolute Gasteiger partial charge is 0.258 e. The van der Waals surface area contributed by atoms with E-state index in [1.54, 1.807) is 0 Å². The van der Waals surface area contributed by atoms with Crippen LogP contribution in [0.25, 0.3) is 11.4 Å². The summed E-state index contributed by atoms with van der Waals surface area (Å²) in [6.07, 6.45) is 3.31. The summed E-state index contributed by atoms with van der Waals surface area (Å²) in [5, 5.41) is 6.54. The largest absolute Gasteiger partial charge is 0.484 e. The number of nitrogens with zero attached hydrogens (tertiary/aromatic N) is 2. The number of rotatable bonds is 8. The highest BCUT2D eigenvalue weighted by Gasteiger charge is 2.22. The quantitative estimate of drug-likeness (QED) is 0.368. The average Bonchev–Trinajstić information content (AvgIpc) is 3.58. The molecule has 8 nitrogen and oxygen atoms in total. The maximum Gasteiger partial charge on any atom is 0.258 e. The van der Waals surface area contributed by atoms with Crippen molar-refractivity contribution in [3.05, 3.63) is 65.4 Å². The summed E-state index contributed by atoms with van der Waals surface area (Å²) in [5.74, 6) is 4.33. The van der Waals surface area contributed by atoms with Crippen LogP contribution in [0.5, 0.6) is 5.75 Å². The van der Waals surface area contributed by atoms with E-state index in [1.165, 1.54) is 12.0 Å². The minimum absolute atomic E-state index is 0.0113. The van der Waals surface area contributed by atoms with Crippen LogP contribution in [0.1, 0.15) is 42.0 Å². The van der Waals surface area contributed by atoms with E-state index in [0.717, 1.165) is 65.8 Å². The van der Waals surface area contributed by atoms with Crippen LogP contribution in [0.3, 0.4) is 0 Å². The predicted molar refractivity (Wildman–Crippen MR) is 142 cm³/mol. The van der Waals surface area contributed by atoms with Gasteiger partial charge in [-0.05, 0) is 49.1 Å². The molecule has 6 rings (SSSR count). The Balaban J connectivity index is 1.19. The van der Waals surface area contributed by atoms with Gasteiger partial charge in [0.2, 0.25) is 0 Å². The number of hydrogen-bond donors (Lipinski definition) is 4. The maximum atomic E-state index is 12.1. The van der Waals surface area contributed by atoms with E-state index in [2.05, 4.69) is 45.8 Å². The Morgan fingerprint density at radius 3 is 2.67 bits per heavy atom. The van der Waals surface area contributed by atoms with Gasteiger partial charge in [-0.2, -0.15) is 11.8 Å². The van der Waals surface area contributed by atoms with Gasteiger partial charge in [-0.3, -0.25) is 15.6 Å². The summed E-state index contributed by atoms with van der Waals surface area (Å²) >= 11 is 1.85. The molecule has 1 saturated carbocycles. The van der Waals surface area contributed by atoms with E-state index in [1.807, 2.05) is 36.0 Å². The number of carbonyl (C=O) groups is 1. The van der Waals surface area contributed by atoms with Crippen molar-refractivity contribution >= 4 is 29.2 Å². The second kappa shape index (κ2) is 10.5. The van der Waals surface area contributed by atoms with E-state index in [4.69, 9.17) is 14.7 Å². The number of carbonyl (C=O) groups excluding carboxylic acids is 1. The third kappa shape index (κ3) is 5.18. The lowest BCUT2D eigenvalue weighted by Gasteiger charge is -2.26. The zero-order valence-electron chi connectivity index (χ0n) is 20.0. The fourth-order valence-corrected chi connectivity index (χ4v) is 5.70. The number of hydrogen-bond acceptors (Lipinski definition) is 8. The molecule has 0 spiro atoms. The Bertz CT molecular complexity index is 1240. The topological polar surface area (TPSA) is 100 Å². The van der Waals surface area contributed by atoms with E-state index < -0.39 is 0 Å². The molecule has 2 aromatic carbocycles. The summed E-state index contributed by atoms with van der Waals surface area (Å²) in [6.45, 7) is 1.90. The highest BCUT2D eigenvalue weighted by atomic mass is 32.2. The first-order chi connectivity index (χ1) is 17.7. The molecule has 0 bridgehead atoms. The molecule has 1 saturated heterocycles.